The number of rotatable bonds is 8. The molecule has 0 radical (unpaired) electrons. The summed E-state index contributed by atoms with van der Waals surface area (Å²) in [6.45, 7) is 2.35. The minimum atomic E-state index is -1.10. The van der Waals surface area contributed by atoms with E-state index in [9.17, 15) is 14.4 Å². The lowest BCUT2D eigenvalue weighted by atomic mass is 9.90. The lowest BCUT2D eigenvalue weighted by Crippen LogP contribution is -2.48. The smallest absolute Gasteiger partial charge is 0.268 e. The SMILES string of the molecule is CCOc1ccc(N2C(=O)[C@@H]3[C@@H](c4ccc(OC)c(OC)c4OC)NN(C(=O)c4cccc(Br)c4)[C@@H]3C2=O)cc1. The molecule has 0 saturated carbocycles. The Morgan fingerprint density at radius 1 is 0.925 bits per heavy atom. The maximum Gasteiger partial charge on any atom is 0.268 e. The second-order valence-corrected chi connectivity index (χ2v) is 10.0. The van der Waals surface area contributed by atoms with Crippen molar-refractivity contribution >= 4 is 39.3 Å². The molecule has 1 N–H and O–H groups in total. The molecule has 2 fully saturated rings. The number of ether oxygens (including phenoxy) is 4. The van der Waals surface area contributed by atoms with Crippen LogP contribution in [0, 0.1) is 5.92 Å². The summed E-state index contributed by atoms with van der Waals surface area (Å²) in [6, 6.07) is 15.1. The van der Waals surface area contributed by atoms with Crippen LogP contribution in [0.3, 0.4) is 0 Å². The van der Waals surface area contributed by atoms with Gasteiger partial charge in [-0.05, 0) is 61.5 Å². The second kappa shape index (κ2) is 11.2. The first-order chi connectivity index (χ1) is 19.3. The Bertz CT molecular complexity index is 1460. The molecule has 2 saturated heterocycles. The average molecular weight is 610 g/mol. The molecule has 2 heterocycles. The normalized spacial score (nSPS) is 20.0. The fourth-order valence-electron chi connectivity index (χ4n) is 5.28. The van der Waals surface area contributed by atoms with Gasteiger partial charge in [-0.2, -0.15) is 0 Å². The maximum atomic E-state index is 14.0. The summed E-state index contributed by atoms with van der Waals surface area (Å²) in [5.74, 6) is -0.645. The van der Waals surface area contributed by atoms with Gasteiger partial charge in [-0.15, -0.1) is 0 Å². The van der Waals surface area contributed by atoms with E-state index in [4.69, 9.17) is 18.9 Å². The summed E-state index contributed by atoms with van der Waals surface area (Å²) in [6.07, 6.45) is 0. The first-order valence-electron chi connectivity index (χ1n) is 12.6. The first-order valence-corrected chi connectivity index (χ1v) is 13.4. The predicted molar refractivity (Wildman–Crippen MR) is 150 cm³/mol. The van der Waals surface area contributed by atoms with Crippen molar-refractivity contribution in [2.75, 3.05) is 32.8 Å². The van der Waals surface area contributed by atoms with Gasteiger partial charge in [-0.25, -0.2) is 10.3 Å². The van der Waals surface area contributed by atoms with E-state index in [1.165, 1.54) is 26.3 Å². The number of imide groups is 1. The Morgan fingerprint density at radius 2 is 1.65 bits per heavy atom. The summed E-state index contributed by atoms with van der Waals surface area (Å²) in [5, 5.41) is 1.25. The van der Waals surface area contributed by atoms with Crippen LogP contribution >= 0.6 is 15.9 Å². The molecule has 0 spiro atoms. The van der Waals surface area contributed by atoms with Crippen LogP contribution in [-0.4, -0.2) is 56.7 Å². The van der Waals surface area contributed by atoms with Crippen molar-refractivity contribution < 1.29 is 33.3 Å². The fourth-order valence-corrected chi connectivity index (χ4v) is 5.67. The van der Waals surface area contributed by atoms with E-state index >= 15 is 0 Å². The Labute approximate surface area is 239 Å². The average Bonchev–Trinajstić information content (AvgIpc) is 3.48. The summed E-state index contributed by atoms with van der Waals surface area (Å²) in [5.41, 5.74) is 4.43. The van der Waals surface area contributed by atoms with Gasteiger partial charge in [0.1, 0.15) is 11.8 Å². The van der Waals surface area contributed by atoms with Crippen molar-refractivity contribution in [1.29, 1.82) is 0 Å². The number of hydrogen-bond donors (Lipinski definition) is 1. The van der Waals surface area contributed by atoms with Crippen molar-refractivity contribution in [3.8, 4) is 23.0 Å². The van der Waals surface area contributed by atoms with Gasteiger partial charge in [-0.3, -0.25) is 19.4 Å². The van der Waals surface area contributed by atoms with Gasteiger partial charge in [0.2, 0.25) is 11.7 Å². The van der Waals surface area contributed by atoms with E-state index in [1.54, 1.807) is 60.7 Å². The highest BCUT2D eigenvalue weighted by molar-refractivity contribution is 9.10. The zero-order valence-electron chi connectivity index (χ0n) is 22.3. The highest BCUT2D eigenvalue weighted by Crippen LogP contribution is 2.49. The standard InChI is InChI=1S/C29H28BrN3O7/c1-5-40-19-11-9-18(10-12-19)32-28(35)22-23(20-13-14-21(37-2)26(39-4)25(20)38-3)31-33(24(22)29(32)36)27(34)16-7-6-8-17(30)15-16/h6-15,22-24,31H,5H2,1-4H3/t22-,23-,24+/m1/s1. The molecule has 0 bridgehead atoms. The molecule has 3 atom stereocenters. The van der Waals surface area contributed by atoms with Crippen molar-refractivity contribution in [2.24, 2.45) is 5.92 Å². The fraction of sp³-hybridized carbons (Fsp3) is 0.276. The Hall–Kier alpha value is -4.09. The molecule has 3 amide bonds. The van der Waals surface area contributed by atoms with Gasteiger partial charge >= 0.3 is 0 Å². The maximum absolute atomic E-state index is 14.0. The van der Waals surface area contributed by atoms with Crippen LogP contribution in [-0.2, 0) is 9.59 Å². The molecular weight excluding hydrogens is 582 g/mol. The number of anilines is 1. The van der Waals surface area contributed by atoms with Gasteiger partial charge in [0, 0.05) is 15.6 Å². The van der Waals surface area contributed by atoms with Crippen LogP contribution in [0.5, 0.6) is 23.0 Å². The predicted octanol–water partition coefficient (Wildman–Crippen LogP) is 4.13. The molecule has 2 aliphatic rings. The highest BCUT2D eigenvalue weighted by atomic mass is 79.9. The molecule has 3 aromatic rings. The van der Waals surface area contributed by atoms with E-state index in [-0.39, 0.29) is 0 Å². The molecule has 40 heavy (non-hydrogen) atoms. The van der Waals surface area contributed by atoms with Crippen LogP contribution in [0.25, 0.3) is 0 Å². The molecule has 10 nitrogen and oxygen atoms in total. The third kappa shape index (κ3) is 4.54. The molecule has 0 aliphatic carbocycles. The number of benzene rings is 3. The Balaban J connectivity index is 1.61. The van der Waals surface area contributed by atoms with Gasteiger partial charge in [0.15, 0.2) is 11.5 Å². The molecule has 3 aromatic carbocycles. The summed E-state index contributed by atoms with van der Waals surface area (Å²) in [4.78, 5) is 42.9. The molecule has 0 unspecified atom stereocenters. The zero-order chi connectivity index (χ0) is 28.6. The molecule has 5 rings (SSSR count). The van der Waals surface area contributed by atoms with Gasteiger partial charge in [0.05, 0.1) is 45.6 Å². The number of nitrogens with zero attached hydrogens (tertiary/aromatic N) is 2. The first kappa shape index (κ1) is 27.5. The monoisotopic (exact) mass is 609 g/mol. The number of amides is 3. The van der Waals surface area contributed by atoms with Crippen molar-refractivity contribution in [3.05, 3.63) is 76.3 Å². The number of carbonyl (C=O) groups is 3. The van der Waals surface area contributed by atoms with Crippen LogP contribution < -0.4 is 29.3 Å². The van der Waals surface area contributed by atoms with Crippen molar-refractivity contribution in [2.45, 2.75) is 19.0 Å². The highest BCUT2D eigenvalue weighted by Gasteiger charge is 2.61. The van der Waals surface area contributed by atoms with Crippen LogP contribution in [0.4, 0.5) is 5.69 Å². The van der Waals surface area contributed by atoms with E-state index in [2.05, 4.69) is 21.4 Å². The van der Waals surface area contributed by atoms with Crippen LogP contribution in [0.15, 0.2) is 65.1 Å². The summed E-state index contributed by atoms with van der Waals surface area (Å²) >= 11 is 3.40. The van der Waals surface area contributed by atoms with Crippen molar-refractivity contribution in [1.82, 2.24) is 10.4 Å². The number of halogens is 1. The largest absolute Gasteiger partial charge is 0.494 e. The number of methoxy groups -OCH3 is 3. The minimum Gasteiger partial charge on any atom is -0.494 e. The van der Waals surface area contributed by atoms with E-state index in [0.29, 0.717) is 50.9 Å². The molecule has 2 aliphatic heterocycles. The van der Waals surface area contributed by atoms with Crippen LogP contribution in [0.1, 0.15) is 28.9 Å². The zero-order valence-corrected chi connectivity index (χ0v) is 23.9. The van der Waals surface area contributed by atoms with E-state index in [1.807, 2.05) is 6.92 Å². The van der Waals surface area contributed by atoms with Gasteiger partial charge in [0.25, 0.3) is 11.8 Å². The number of carbonyl (C=O) groups excluding carboxylic acids is 3. The third-order valence-corrected chi connectivity index (χ3v) is 7.49. The van der Waals surface area contributed by atoms with Gasteiger partial charge in [-0.1, -0.05) is 22.0 Å². The Morgan fingerprint density at radius 3 is 2.27 bits per heavy atom. The van der Waals surface area contributed by atoms with Gasteiger partial charge < -0.3 is 18.9 Å². The number of nitrogens with one attached hydrogen (secondary N) is 1. The number of hydrogen-bond acceptors (Lipinski definition) is 8. The minimum absolute atomic E-state index is 0.328. The molecular formula is C29H28BrN3O7. The molecule has 208 valence electrons. The second-order valence-electron chi connectivity index (χ2n) is 9.13. The molecule has 0 aromatic heterocycles. The Kier molecular flexibility index (Phi) is 7.68. The number of hydrazine groups is 1. The third-order valence-electron chi connectivity index (χ3n) is 7.00. The molecule has 11 heteroatoms. The topological polar surface area (TPSA) is 107 Å². The lowest BCUT2D eigenvalue weighted by Gasteiger charge is -2.26. The summed E-state index contributed by atoms with van der Waals surface area (Å²) < 4.78 is 22.9. The number of fused-ring (bicyclic) bond motifs is 1. The summed E-state index contributed by atoms with van der Waals surface area (Å²) in [7, 11) is 4.47. The van der Waals surface area contributed by atoms with Crippen LogP contribution in [0.2, 0.25) is 0 Å². The lowest BCUT2D eigenvalue weighted by molar-refractivity contribution is -0.123. The van der Waals surface area contributed by atoms with E-state index in [0.717, 1.165) is 4.90 Å². The van der Waals surface area contributed by atoms with E-state index < -0.39 is 35.7 Å². The quantitative estimate of drug-likeness (QED) is 0.380. The van der Waals surface area contributed by atoms with Crippen molar-refractivity contribution in [3.63, 3.8) is 0 Å².